The number of amidine groups is 1. The zero-order valence-corrected chi connectivity index (χ0v) is 11.7. The molecule has 3 N–H and O–H groups in total. The van der Waals surface area contributed by atoms with Gasteiger partial charge < -0.3 is 15.4 Å². The molecule has 18 heavy (non-hydrogen) atoms. The van der Waals surface area contributed by atoms with E-state index in [-0.39, 0.29) is 5.84 Å². The van der Waals surface area contributed by atoms with Gasteiger partial charge >= 0.3 is 0 Å². The van der Waals surface area contributed by atoms with Gasteiger partial charge in [-0.15, -0.1) is 10.2 Å². The van der Waals surface area contributed by atoms with Gasteiger partial charge in [0.05, 0.1) is 0 Å². The molecule has 0 fully saturated rings. The van der Waals surface area contributed by atoms with Crippen molar-refractivity contribution in [3.05, 3.63) is 34.1 Å². The first-order valence-electron chi connectivity index (χ1n) is 4.85. The Morgan fingerprint density at radius 1 is 1.50 bits per heavy atom. The molecule has 0 saturated heterocycles. The summed E-state index contributed by atoms with van der Waals surface area (Å²) >= 11 is 4.74. The van der Waals surface area contributed by atoms with E-state index in [0.717, 1.165) is 9.37 Å². The van der Waals surface area contributed by atoms with Crippen LogP contribution in [0.3, 0.4) is 0 Å². The van der Waals surface area contributed by atoms with Gasteiger partial charge in [0.1, 0.15) is 0 Å². The molecule has 1 aromatic carbocycles. The van der Waals surface area contributed by atoms with Crippen LogP contribution >= 0.6 is 27.7 Å². The zero-order chi connectivity index (χ0) is 13.1. The third-order valence-corrected chi connectivity index (χ3v) is 3.87. The monoisotopic (exact) mass is 328 g/mol. The molecule has 6 nitrogen and oxygen atoms in total. The maximum Gasteiger partial charge on any atom is 0.281 e. The molecule has 0 radical (unpaired) electrons. The molecule has 0 amide bonds. The number of aryl methyl sites for hydroxylation is 1. The van der Waals surface area contributed by atoms with Gasteiger partial charge in [-0.3, -0.25) is 0 Å². The molecule has 0 unspecified atom stereocenters. The molecule has 0 aliphatic heterocycles. The second-order valence-corrected chi connectivity index (χ2v) is 5.17. The zero-order valence-electron chi connectivity index (χ0n) is 9.29. The molecule has 0 saturated carbocycles. The van der Waals surface area contributed by atoms with Gasteiger partial charge in [0.25, 0.3) is 5.22 Å². The summed E-state index contributed by atoms with van der Waals surface area (Å²) in [6, 6.07) is 5.31. The van der Waals surface area contributed by atoms with Crippen LogP contribution in [0.2, 0.25) is 0 Å². The first-order valence-corrected chi connectivity index (χ1v) is 6.46. The number of nitrogens with two attached hydrogens (primary N) is 1. The predicted molar refractivity (Wildman–Crippen MR) is 69.8 cm³/mol. The Balaban J connectivity index is 2.25. The van der Waals surface area contributed by atoms with Crippen molar-refractivity contribution < 1.29 is 9.62 Å². The van der Waals surface area contributed by atoms with Crippen LogP contribution < -0.4 is 5.73 Å². The summed E-state index contributed by atoms with van der Waals surface area (Å²) in [5, 5.41) is 19.6. The summed E-state index contributed by atoms with van der Waals surface area (Å²) in [4.78, 5) is 0.896. The van der Waals surface area contributed by atoms with Crippen LogP contribution in [-0.4, -0.2) is 21.2 Å². The van der Waals surface area contributed by atoms with Gasteiger partial charge in [-0.1, -0.05) is 5.16 Å². The average Bonchev–Trinajstić information content (AvgIpc) is 2.76. The van der Waals surface area contributed by atoms with Crippen molar-refractivity contribution >= 4 is 33.5 Å². The van der Waals surface area contributed by atoms with E-state index in [9.17, 15) is 0 Å². The van der Waals surface area contributed by atoms with E-state index in [0.29, 0.717) is 16.7 Å². The van der Waals surface area contributed by atoms with Gasteiger partial charge in [-0.25, -0.2) is 0 Å². The molecule has 0 spiro atoms. The van der Waals surface area contributed by atoms with Gasteiger partial charge in [-0.2, -0.15) is 0 Å². The van der Waals surface area contributed by atoms with Crippen molar-refractivity contribution in [2.24, 2.45) is 10.9 Å². The van der Waals surface area contributed by atoms with E-state index < -0.39 is 0 Å². The lowest BCUT2D eigenvalue weighted by Crippen LogP contribution is -2.12. The highest BCUT2D eigenvalue weighted by Gasteiger charge is 2.10. The normalized spacial score (nSPS) is 11.8. The van der Waals surface area contributed by atoms with E-state index in [4.69, 9.17) is 15.4 Å². The number of halogens is 1. The van der Waals surface area contributed by atoms with Crippen LogP contribution in [0.1, 0.15) is 11.5 Å². The Hall–Kier alpha value is -1.54. The molecule has 0 atom stereocenters. The summed E-state index contributed by atoms with van der Waals surface area (Å²) in [6.45, 7) is 1.73. The number of hydrogen-bond donors (Lipinski definition) is 2. The first-order chi connectivity index (χ1) is 8.60. The molecule has 8 heteroatoms. The van der Waals surface area contributed by atoms with E-state index in [1.807, 2.05) is 6.07 Å². The SMILES string of the molecule is Cc1nnc(Sc2ccc(/C(N)=N/O)cc2Br)o1. The molecule has 0 aliphatic carbocycles. The van der Waals surface area contributed by atoms with E-state index in [1.165, 1.54) is 11.8 Å². The Bertz CT molecular complexity index is 599. The Labute approximate surface area is 115 Å². The van der Waals surface area contributed by atoms with Gasteiger partial charge in [0.2, 0.25) is 5.89 Å². The van der Waals surface area contributed by atoms with Gasteiger partial charge in [-0.05, 0) is 45.9 Å². The Kier molecular flexibility index (Phi) is 3.87. The van der Waals surface area contributed by atoms with Crippen LogP contribution in [0.5, 0.6) is 0 Å². The lowest BCUT2D eigenvalue weighted by Gasteiger charge is -2.03. The highest BCUT2D eigenvalue weighted by molar-refractivity contribution is 9.10. The standard InChI is InChI=1S/C10H9BrN4O2S/c1-5-13-14-10(17-5)18-8-3-2-6(4-7(8)11)9(12)15-16/h2-4,16H,1H3,(H2,12,15). The molecule has 2 aromatic rings. The quantitative estimate of drug-likeness (QED) is 0.388. The summed E-state index contributed by atoms with van der Waals surface area (Å²) < 4.78 is 6.07. The van der Waals surface area contributed by atoms with Crippen molar-refractivity contribution in [3.63, 3.8) is 0 Å². The molecule has 0 bridgehead atoms. The molecule has 2 rings (SSSR count). The second kappa shape index (κ2) is 5.40. The van der Waals surface area contributed by atoms with Crippen molar-refractivity contribution in [2.75, 3.05) is 0 Å². The number of hydrogen-bond acceptors (Lipinski definition) is 6. The van der Waals surface area contributed by atoms with E-state index in [2.05, 4.69) is 31.3 Å². The lowest BCUT2D eigenvalue weighted by molar-refractivity contribution is 0.318. The van der Waals surface area contributed by atoms with E-state index in [1.54, 1.807) is 19.1 Å². The minimum atomic E-state index is 0.0564. The first kappa shape index (κ1) is 12.9. The second-order valence-electron chi connectivity index (χ2n) is 3.32. The fourth-order valence-corrected chi connectivity index (χ4v) is 2.56. The van der Waals surface area contributed by atoms with Crippen molar-refractivity contribution in [2.45, 2.75) is 17.0 Å². The fraction of sp³-hybridized carbons (Fsp3) is 0.100. The molecule has 94 valence electrons. The average molecular weight is 329 g/mol. The maximum atomic E-state index is 8.60. The molecule has 1 heterocycles. The third-order valence-electron chi connectivity index (χ3n) is 2.04. The number of rotatable bonds is 3. The minimum absolute atomic E-state index is 0.0564. The summed E-state index contributed by atoms with van der Waals surface area (Å²) in [7, 11) is 0. The highest BCUT2D eigenvalue weighted by Crippen LogP contribution is 2.33. The summed E-state index contributed by atoms with van der Waals surface area (Å²) in [6.07, 6.45) is 0. The summed E-state index contributed by atoms with van der Waals surface area (Å²) in [5.41, 5.74) is 6.12. The Morgan fingerprint density at radius 3 is 2.83 bits per heavy atom. The smallest absolute Gasteiger partial charge is 0.281 e. The largest absolute Gasteiger partial charge is 0.416 e. The van der Waals surface area contributed by atoms with Crippen LogP contribution in [-0.2, 0) is 0 Å². The number of aromatic nitrogens is 2. The molecule has 1 aromatic heterocycles. The van der Waals surface area contributed by atoms with Crippen molar-refractivity contribution in [1.82, 2.24) is 10.2 Å². The van der Waals surface area contributed by atoms with Gasteiger partial charge in [0, 0.05) is 21.9 Å². The fourth-order valence-electron chi connectivity index (χ4n) is 1.21. The minimum Gasteiger partial charge on any atom is -0.416 e. The Morgan fingerprint density at radius 2 is 2.28 bits per heavy atom. The van der Waals surface area contributed by atoms with Crippen LogP contribution in [0.15, 0.2) is 42.4 Å². The third kappa shape index (κ3) is 2.82. The number of oxime groups is 1. The number of nitrogens with zero attached hydrogens (tertiary/aromatic N) is 3. The molecular formula is C10H9BrN4O2S. The lowest BCUT2D eigenvalue weighted by atomic mass is 10.2. The predicted octanol–water partition coefficient (Wildman–Crippen LogP) is 2.39. The summed E-state index contributed by atoms with van der Waals surface area (Å²) in [5.74, 6) is 0.572. The number of benzene rings is 1. The van der Waals surface area contributed by atoms with Crippen LogP contribution in [0.4, 0.5) is 0 Å². The maximum absolute atomic E-state index is 8.60. The van der Waals surface area contributed by atoms with E-state index >= 15 is 0 Å². The van der Waals surface area contributed by atoms with Gasteiger partial charge in [0.15, 0.2) is 5.84 Å². The van der Waals surface area contributed by atoms with Crippen molar-refractivity contribution in [3.8, 4) is 0 Å². The molecular weight excluding hydrogens is 320 g/mol. The molecule has 0 aliphatic rings. The highest BCUT2D eigenvalue weighted by atomic mass is 79.9. The van der Waals surface area contributed by atoms with Crippen LogP contribution in [0, 0.1) is 6.92 Å². The van der Waals surface area contributed by atoms with Crippen LogP contribution in [0.25, 0.3) is 0 Å². The van der Waals surface area contributed by atoms with Crippen molar-refractivity contribution in [1.29, 1.82) is 0 Å². The topological polar surface area (TPSA) is 97.5 Å².